The zero-order valence-corrected chi connectivity index (χ0v) is 22.7. The van der Waals surface area contributed by atoms with Crippen LogP contribution in [0.2, 0.25) is 0 Å². The molecule has 0 aliphatic rings. The van der Waals surface area contributed by atoms with E-state index in [1.54, 1.807) is 42.5 Å². The van der Waals surface area contributed by atoms with Crippen molar-refractivity contribution in [3.05, 3.63) is 59.7 Å². The summed E-state index contributed by atoms with van der Waals surface area (Å²) in [6.45, 7) is 0.175. The van der Waals surface area contributed by atoms with Gasteiger partial charge in [-0.1, -0.05) is 46.9 Å². The number of rotatable bonds is 14. The Morgan fingerprint density at radius 3 is 1.62 bits per heavy atom. The summed E-state index contributed by atoms with van der Waals surface area (Å²) in [5.74, 6) is -0.402. The van der Waals surface area contributed by atoms with Crippen LogP contribution in [0.15, 0.2) is 48.6 Å². The van der Waals surface area contributed by atoms with Crippen molar-refractivity contribution in [1.29, 1.82) is 0 Å². The van der Waals surface area contributed by atoms with Crippen molar-refractivity contribution < 1.29 is 38.1 Å². The Morgan fingerprint density at radius 2 is 1.22 bits per heavy atom. The number of esters is 2. The molecule has 196 valence electrons. The molecule has 0 amide bonds. The molecular weight excluding hydrogens is 593 g/mol. The van der Waals surface area contributed by atoms with Gasteiger partial charge < -0.3 is 24.7 Å². The lowest BCUT2D eigenvalue weighted by Crippen LogP contribution is -2.14. The van der Waals surface area contributed by atoms with E-state index >= 15 is 0 Å². The maximum Gasteiger partial charge on any atom is 0.312 e. The van der Waals surface area contributed by atoms with E-state index in [1.807, 2.05) is 0 Å². The van der Waals surface area contributed by atoms with Gasteiger partial charge in [-0.3, -0.25) is 19.2 Å². The Balaban J connectivity index is 1.98. The fraction of sp³-hybridized carbons (Fsp3) is 0.259. The molecule has 2 aromatic rings. The Hall–Kier alpha value is -3.51. The summed E-state index contributed by atoms with van der Waals surface area (Å²) < 4.78 is 21.6. The molecule has 9 nitrogen and oxygen atoms in total. The van der Waals surface area contributed by atoms with Gasteiger partial charge >= 0.3 is 11.9 Å². The van der Waals surface area contributed by atoms with E-state index in [2.05, 4.69) is 22.6 Å². The van der Waals surface area contributed by atoms with Gasteiger partial charge in [-0.05, 0) is 47.5 Å². The zero-order valence-electron chi connectivity index (χ0n) is 20.5. The van der Waals surface area contributed by atoms with Crippen molar-refractivity contribution >= 4 is 58.2 Å². The molecule has 0 aliphatic heterocycles. The second-order valence-corrected chi connectivity index (χ2v) is 8.60. The number of halogens is 1. The number of alkyl halides is 1. The molecule has 10 heteroatoms. The van der Waals surface area contributed by atoms with Crippen molar-refractivity contribution in [2.45, 2.75) is 19.3 Å². The van der Waals surface area contributed by atoms with Crippen molar-refractivity contribution in [1.82, 2.24) is 0 Å². The lowest BCUT2D eigenvalue weighted by Gasteiger charge is -2.09. The number of ketones is 2. The lowest BCUT2D eigenvalue weighted by molar-refractivity contribution is -0.135. The van der Waals surface area contributed by atoms with Gasteiger partial charge in [0.05, 0.1) is 33.5 Å². The third-order valence-corrected chi connectivity index (χ3v) is 5.28. The van der Waals surface area contributed by atoms with E-state index < -0.39 is 5.97 Å². The average Bonchev–Trinajstić information content (AvgIpc) is 2.87. The number of hydrogen-bond donors (Lipinski definition) is 1. The first kappa shape index (κ1) is 29.7. The van der Waals surface area contributed by atoms with Gasteiger partial charge in [0.15, 0.2) is 34.6 Å². The van der Waals surface area contributed by atoms with E-state index in [9.17, 15) is 19.2 Å². The second-order valence-electron chi connectivity index (χ2n) is 7.52. The van der Waals surface area contributed by atoms with Crippen LogP contribution in [0, 0.1) is 0 Å². The van der Waals surface area contributed by atoms with Gasteiger partial charge in [0.2, 0.25) is 0 Å². The first-order valence-corrected chi connectivity index (χ1v) is 12.8. The van der Waals surface area contributed by atoms with E-state index in [0.717, 1.165) is 0 Å². The Bertz CT molecular complexity index is 1100. The van der Waals surface area contributed by atoms with Gasteiger partial charge in [0.1, 0.15) is 0 Å². The summed E-state index contributed by atoms with van der Waals surface area (Å²) in [4.78, 5) is 47.9. The Morgan fingerprint density at radius 1 is 0.757 bits per heavy atom. The van der Waals surface area contributed by atoms with Crippen LogP contribution in [-0.2, 0) is 19.2 Å². The summed E-state index contributed by atoms with van der Waals surface area (Å²) in [6, 6.07) is 9.69. The molecule has 0 aliphatic carbocycles. The molecular formula is C27H28INO8. The highest BCUT2D eigenvalue weighted by Gasteiger charge is 2.12. The van der Waals surface area contributed by atoms with Crippen LogP contribution in [0.25, 0.3) is 12.2 Å². The van der Waals surface area contributed by atoms with Crippen molar-refractivity contribution in [2.24, 2.45) is 5.73 Å². The number of benzene rings is 2. The standard InChI is InChI=1S/C27H28INO8/c1-34-24-15-18(5-9-22(24)36-26(32)11-13-28)3-7-20(30)17-21(31)8-4-19-6-10-23(25(16-19)35-2)37-27(33)12-14-29/h3-10,15-16H,11-14,17,29H2,1-2H3/b7-3+,8-4+. The van der Waals surface area contributed by atoms with Crippen LogP contribution in [0.3, 0.4) is 0 Å². The minimum Gasteiger partial charge on any atom is -0.493 e. The predicted molar refractivity (Wildman–Crippen MR) is 147 cm³/mol. The molecule has 0 atom stereocenters. The maximum absolute atomic E-state index is 12.3. The van der Waals surface area contributed by atoms with Crippen molar-refractivity contribution in [3.8, 4) is 23.0 Å². The number of ether oxygens (including phenoxy) is 4. The van der Waals surface area contributed by atoms with E-state index in [1.165, 1.54) is 32.4 Å². The molecule has 0 aromatic heterocycles. The molecule has 0 fully saturated rings. The topological polar surface area (TPSA) is 131 Å². The van der Waals surface area contributed by atoms with Crippen LogP contribution >= 0.6 is 22.6 Å². The predicted octanol–water partition coefficient (Wildman–Crippen LogP) is 3.94. The molecule has 0 radical (unpaired) electrons. The van der Waals surface area contributed by atoms with Crippen LogP contribution < -0.4 is 24.7 Å². The fourth-order valence-electron chi connectivity index (χ4n) is 2.95. The lowest BCUT2D eigenvalue weighted by atomic mass is 10.1. The van der Waals surface area contributed by atoms with E-state index in [-0.39, 0.29) is 49.1 Å². The molecule has 2 N–H and O–H groups in total. The molecule has 0 saturated heterocycles. The minimum atomic E-state index is -0.477. The minimum absolute atomic E-state index is 0.0783. The number of methoxy groups -OCH3 is 2. The summed E-state index contributed by atoms with van der Waals surface area (Å²) in [7, 11) is 2.88. The highest BCUT2D eigenvalue weighted by Crippen LogP contribution is 2.30. The molecule has 0 spiro atoms. The smallest absolute Gasteiger partial charge is 0.312 e. The molecule has 0 saturated carbocycles. The third-order valence-electron chi connectivity index (χ3n) is 4.74. The molecule has 0 unspecified atom stereocenters. The Labute approximate surface area is 228 Å². The summed E-state index contributed by atoms with van der Waals surface area (Å²) in [5, 5.41) is 0. The van der Waals surface area contributed by atoms with Gasteiger partial charge in [-0.15, -0.1) is 0 Å². The van der Waals surface area contributed by atoms with Gasteiger partial charge in [0.25, 0.3) is 0 Å². The highest BCUT2D eigenvalue weighted by molar-refractivity contribution is 14.1. The molecule has 37 heavy (non-hydrogen) atoms. The Kier molecular flexibility index (Phi) is 12.5. The number of allylic oxidation sites excluding steroid dienone is 2. The highest BCUT2D eigenvalue weighted by atomic mass is 127. The maximum atomic E-state index is 12.3. The van der Waals surface area contributed by atoms with Gasteiger partial charge in [-0.2, -0.15) is 0 Å². The summed E-state index contributed by atoms with van der Waals surface area (Å²) >= 11 is 2.09. The average molecular weight is 621 g/mol. The van der Waals surface area contributed by atoms with Crippen molar-refractivity contribution in [2.75, 3.05) is 25.2 Å². The molecule has 2 rings (SSSR count). The monoisotopic (exact) mass is 621 g/mol. The van der Waals surface area contributed by atoms with E-state index in [0.29, 0.717) is 32.8 Å². The zero-order chi connectivity index (χ0) is 27.2. The summed E-state index contributed by atoms with van der Waals surface area (Å²) in [6.07, 6.45) is 5.73. The number of carbonyl (C=O) groups excluding carboxylic acids is 4. The van der Waals surface area contributed by atoms with Crippen LogP contribution in [0.1, 0.15) is 30.4 Å². The molecule has 2 aromatic carbocycles. The van der Waals surface area contributed by atoms with Crippen LogP contribution in [0.4, 0.5) is 0 Å². The normalized spacial score (nSPS) is 10.9. The SMILES string of the molecule is COc1cc(/C=C/C(=O)CC(=O)/C=C/c2ccc(OC(=O)CCI)c(OC)c2)ccc1OC(=O)CCN. The van der Waals surface area contributed by atoms with Crippen molar-refractivity contribution in [3.63, 3.8) is 0 Å². The third kappa shape index (κ3) is 10.2. The first-order valence-electron chi connectivity index (χ1n) is 11.2. The van der Waals surface area contributed by atoms with E-state index in [4.69, 9.17) is 24.7 Å². The van der Waals surface area contributed by atoms with Gasteiger partial charge in [-0.25, -0.2) is 0 Å². The number of nitrogens with two attached hydrogens (primary N) is 1. The fourth-order valence-corrected chi connectivity index (χ4v) is 3.39. The van der Waals surface area contributed by atoms with Crippen LogP contribution in [-0.4, -0.2) is 48.7 Å². The largest absolute Gasteiger partial charge is 0.493 e. The van der Waals surface area contributed by atoms with Gasteiger partial charge in [0, 0.05) is 11.0 Å². The van der Waals surface area contributed by atoms with Crippen LogP contribution in [0.5, 0.6) is 23.0 Å². The second kappa shape index (κ2) is 15.6. The number of carbonyl (C=O) groups is 4. The molecule has 0 bridgehead atoms. The quantitative estimate of drug-likeness (QED) is 0.0833. The number of hydrogen-bond acceptors (Lipinski definition) is 9. The molecule has 0 heterocycles. The summed E-state index contributed by atoms with van der Waals surface area (Å²) in [5.41, 5.74) is 6.61. The first-order chi connectivity index (χ1) is 17.8.